The van der Waals surface area contributed by atoms with Gasteiger partial charge in [0.2, 0.25) is 11.9 Å². The lowest BCUT2D eigenvalue weighted by molar-refractivity contribution is -0.141. The van der Waals surface area contributed by atoms with Gasteiger partial charge in [-0.15, -0.1) is 0 Å². The Bertz CT molecular complexity index is 1010. The Kier molecular flexibility index (Phi) is 4.33. The van der Waals surface area contributed by atoms with Gasteiger partial charge in [0.1, 0.15) is 17.0 Å². The van der Waals surface area contributed by atoms with E-state index in [1.165, 1.54) is 18.3 Å². The number of imidazole rings is 1. The van der Waals surface area contributed by atoms with Crippen LogP contribution in [-0.4, -0.2) is 37.7 Å². The summed E-state index contributed by atoms with van der Waals surface area (Å²) in [4.78, 5) is 16.4. The van der Waals surface area contributed by atoms with Crippen molar-refractivity contribution >= 4 is 28.9 Å². The number of halogens is 3. The molecular formula is C17H18F3N7O. The Morgan fingerprint density at radius 1 is 1.18 bits per heavy atom. The van der Waals surface area contributed by atoms with E-state index in [0.717, 1.165) is 6.07 Å². The normalized spacial score (nSPS) is 17.0. The third kappa shape index (κ3) is 3.33. The Labute approximate surface area is 158 Å². The summed E-state index contributed by atoms with van der Waals surface area (Å²) in [5.41, 5.74) is 5.35. The Morgan fingerprint density at radius 2 is 1.93 bits per heavy atom. The number of pyridine rings is 1. The number of anilines is 3. The van der Waals surface area contributed by atoms with Gasteiger partial charge in [0.25, 0.3) is 0 Å². The van der Waals surface area contributed by atoms with Crippen molar-refractivity contribution in [2.24, 2.45) is 0 Å². The Hall–Kier alpha value is -2.95. The maximum atomic E-state index is 13.0. The maximum Gasteiger partial charge on any atom is 0.433 e. The highest BCUT2D eigenvalue weighted by Crippen LogP contribution is 2.36. The molecule has 0 saturated carbocycles. The third-order valence-corrected chi connectivity index (χ3v) is 4.81. The van der Waals surface area contributed by atoms with Crippen molar-refractivity contribution in [3.8, 4) is 0 Å². The van der Waals surface area contributed by atoms with Gasteiger partial charge in [-0.05, 0) is 31.9 Å². The zero-order chi connectivity index (χ0) is 19.9. The molecule has 4 rings (SSSR count). The molecule has 1 fully saturated rings. The van der Waals surface area contributed by atoms with E-state index in [9.17, 15) is 13.2 Å². The van der Waals surface area contributed by atoms with Crippen molar-refractivity contribution in [2.45, 2.75) is 31.5 Å². The van der Waals surface area contributed by atoms with Gasteiger partial charge >= 0.3 is 6.18 Å². The van der Waals surface area contributed by atoms with Crippen LogP contribution in [0.4, 0.5) is 30.9 Å². The van der Waals surface area contributed by atoms with E-state index in [-0.39, 0.29) is 11.8 Å². The van der Waals surface area contributed by atoms with E-state index in [1.807, 2.05) is 11.5 Å². The minimum Gasteiger partial charge on any atom is -0.381 e. The van der Waals surface area contributed by atoms with Gasteiger partial charge < -0.3 is 15.8 Å². The highest BCUT2D eigenvalue weighted by Gasteiger charge is 2.35. The lowest BCUT2D eigenvalue weighted by atomic mass is 9.92. The van der Waals surface area contributed by atoms with Crippen molar-refractivity contribution in [1.82, 2.24) is 24.5 Å². The number of nitrogens with zero attached hydrogens (tertiary/aromatic N) is 5. The van der Waals surface area contributed by atoms with Crippen LogP contribution >= 0.6 is 0 Å². The molecule has 1 aliphatic heterocycles. The molecule has 0 spiro atoms. The summed E-state index contributed by atoms with van der Waals surface area (Å²) < 4.78 is 46.3. The molecule has 148 valence electrons. The largest absolute Gasteiger partial charge is 0.433 e. The molecule has 0 atom stereocenters. The number of rotatable bonds is 3. The number of aromatic nitrogens is 5. The number of alkyl halides is 3. The van der Waals surface area contributed by atoms with Crippen LogP contribution in [0.5, 0.6) is 0 Å². The van der Waals surface area contributed by atoms with Gasteiger partial charge in [0.15, 0.2) is 5.65 Å². The van der Waals surface area contributed by atoms with Crippen LogP contribution in [0.2, 0.25) is 0 Å². The number of ether oxygens (including phenoxy) is 1. The van der Waals surface area contributed by atoms with E-state index in [2.05, 4.69) is 25.3 Å². The average molecular weight is 393 g/mol. The fourth-order valence-corrected chi connectivity index (χ4v) is 3.29. The predicted octanol–water partition coefficient (Wildman–Crippen LogP) is 3.09. The second kappa shape index (κ2) is 6.59. The van der Waals surface area contributed by atoms with Gasteiger partial charge in [-0.3, -0.25) is 4.57 Å². The molecule has 3 N–H and O–H groups in total. The first kappa shape index (κ1) is 18.4. The van der Waals surface area contributed by atoms with Gasteiger partial charge in [-0.2, -0.15) is 18.2 Å². The van der Waals surface area contributed by atoms with E-state index >= 15 is 0 Å². The summed E-state index contributed by atoms with van der Waals surface area (Å²) >= 11 is 0. The molecule has 0 bridgehead atoms. The molecule has 11 heteroatoms. The zero-order valence-electron chi connectivity index (χ0n) is 15.0. The van der Waals surface area contributed by atoms with Gasteiger partial charge in [0.05, 0.1) is 11.7 Å². The average Bonchev–Trinajstić information content (AvgIpc) is 2.99. The van der Waals surface area contributed by atoms with Crippen LogP contribution < -0.4 is 11.1 Å². The van der Waals surface area contributed by atoms with Crippen molar-refractivity contribution < 1.29 is 17.9 Å². The topological polar surface area (TPSA) is 104 Å². The number of hydrogen-bond acceptors (Lipinski definition) is 7. The molecule has 8 nitrogen and oxygen atoms in total. The zero-order valence-corrected chi connectivity index (χ0v) is 15.0. The second-order valence-corrected chi connectivity index (χ2v) is 6.85. The molecule has 1 saturated heterocycles. The molecule has 0 unspecified atom stereocenters. The molecule has 0 radical (unpaired) electrons. The first-order chi connectivity index (χ1) is 13.3. The highest BCUT2D eigenvalue weighted by atomic mass is 19.4. The summed E-state index contributed by atoms with van der Waals surface area (Å²) in [6.07, 6.45) is -1.67. The first-order valence-electron chi connectivity index (χ1n) is 8.67. The fourth-order valence-electron chi connectivity index (χ4n) is 3.29. The van der Waals surface area contributed by atoms with E-state index < -0.39 is 17.4 Å². The number of nitrogen functional groups attached to an aromatic ring is 1. The summed E-state index contributed by atoms with van der Waals surface area (Å²) in [5, 5.41) is 2.91. The number of nitrogens with two attached hydrogens (primary N) is 1. The van der Waals surface area contributed by atoms with Crippen LogP contribution in [0.15, 0.2) is 24.4 Å². The van der Waals surface area contributed by atoms with Crippen molar-refractivity contribution in [3.63, 3.8) is 0 Å². The quantitative estimate of drug-likeness (QED) is 0.705. The van der Waals surface area contributed by atoms with Gasteiger partial charge in [-0.25, -0.2) is 15.0 Å². The van der Waals surface area contributed by atoms with Gasteiger partial charge in [-0.1, -0.05) is 6.07 Å². The minimum absolute atomic E-state index is 0.0305. The number of nitrogens with one attached hydrogen (secondary N) is 1. The Balaban J connectivity index is 1.82. The monoisotopic (exact) mass is 393 g/mol. The molecule has 0 aromatic carbocycles. The molecule has 4 heterocycles. The molecule has 3 aromatic rings. The molecular weight excluding hydrogens is 375 g/mol. The molecule has 0 aliphatic carbocycles. The summed E-state index contributed by atoms with van der Waals surface area (Å²) in [7, 11) is 0. The van der Waals surface area contributed by atoms with E-state index in [0.29, 0.717) is 43.2 Å². The predicted molar refractivity (Wildman–Crippen MR) is 96.0 cm³/mol. The second-order valence-electron chi connectivity index (χ2n) is 6.85. The third-order valence-electron chi connectivity index (χ3n) is 4.81. The molecule has 1 aliphatic rings. The molecule has 28 heavy (non-hydrogen) atoms. The van der Waals surface area contributed by atoms with Crippen molar-refractivity contribution in [3.05, 3.63) is 30.1 Å². The smallest absolute Gasteiger partial charge is 0.381 e. The van der Waals surface area contributed by atoms with Crippen molar-refractivity contribution in [2.75, 3.05) is 24.3 Å². The maximum absolute atomic E-state index is 13.0. The highest BCUT2D eigenvalue weighted by molar-refractivity contribution is 5.76. The minimum atomic E-state index is -4.54. The summed E-state index contributed by atoms with van der Waals surface area (Å²) in [6.45, 7) is 3.13. The van der Waals surface area contributed by atoms with Crippen molar-refractivity contribution in [1.29, 1.82) is 0 Å². The molecule has 3 aromatic heterocycles. The van der Waals surface area contributed by atoms with Crippen LogP contribution in [0.25, 0.3) is 11.2 Å². The molecule has 0 amide bonds. The van der Waals surface area contributed by atoms with Crippen LogP contribution in [0.3, 0.4) is 0 Å². The lowest BCUT2D eigenvalue weighted by Crippen LogP contribution is -2.37. The van der Waals surface area contributed by atoms with Gasteiger partial charge in [0, 0.05) is 13.2 Å². The number of fused-ring (bicyclic) bond motifs is 1. The van der Waals surface area contributed by atoms with Crippen LogP contribution in [0, 0.1) is 0 Å². The first-order valence-corrected chi connectivity index (χ1v) is 8.67. The standard InChI is InChI=1S/C17H18F3N7O/c1-16(5-7-28-8-6-16)27-13-10(9-22-14(21)26-13)23-15(27)25-12-4-2-3-11(24-12)17(18,19)20/h2-4,9H,5-8H2,1H3,(H2,21,22,26)(H,23,24,25). The fraction of sp³-hybridized carbons (Fsp3) is 0.412. The van der Waals surface area contributed by atoms with Crippen LogP contribution in [-0.2, 0) is 16.5 Å². The lowest BCUT2D eigenvalue weighted by Gasteiger charge is -2.36. The Morgan fingerprint density at radius 3 is 2.64 bits per heavy atom. The number of hydrogen-bond donors (Lipinski definition) is 2. The summed E-state index contributed by atoms with van der Waals surface area (Å²) in [5.74, 6) is 0.446. The van der Waals surface area contributed by atoms with E-state index in [1.54, 1.807) is 0 Å². The van der Waals surface area contributed by atoms with Crippen LogP contribution in [0.1, 0.15) is 25.5 Å². The summed E-state index contributed by atoms with van der Waals surface area (Å²) in [6, 6.07) is 3.66. The van der Waals surface area contributed by atoms with E-state index in [4.69, 9.17) is 10.5 Å². The SMILES string of the molecule is CC1(n2c(Nc3cccc(C(F)(F)F)n3)nc3cnc(N)nc32)CCOCC1.